The van der Waals surface area contributed by atoms with Crippen LogP contribution in [0.25, 0.3) is 27.5 Å². The zero-order valence-electron chi connectivity index (χ0n) is 33.4. The van der Waals surface area contributed by atoms with Gasteiger partial charge in [0.2, 0.25) is 0 Å². The first-order valence-corrected chi connectivity index (χ1v) is 21.2. The Bertz CT molecular complexity index is 2790. The number of hydrogen-bond donors (Lipinski definition) is 0. The number of nitrogens with zero attached hydrogens (tertiary/aromatic N) is 3. The Balaban J connectivity index is 1.01. The van der Waals surface area contributed by atoms with Gasteiger partial charge >= 0.3 is 0 Å². The Morgan fingerprint density at radius 3 is 2.19 bits per heavy atom. The number of rotatable bonds is 3. The maximum absolute atomic E-state index is 2.79. The van der Waals surface area contributed by atoms with Gasteiger partial charge in [0.1, 0.15) is 0 Å². The Labute approximate surface area is 336 Å². The van der Waals surface area contributed by atoms with Gasteiger partial charge < -0.3 is 14.4 Å². The summed E-state index contributed by atoms with van der Waals surface area (Å²) in [5.74, 6) is 1.08. The summed E-state index contributed by atoms with van der Waals surface area (Å²) in [6, 6.07) is 36.2. The highest BCUT2D eigenvalue weighted by atomic mass is 15.2. The van der Waals surface area contributed by atoms with Crippen LogP contribution in [0.2, 0.25) is 0 Å². The molecule has 57 heavy (non-hydrogen) atoms. The second kappa shape index (κ2) is 11.9. The smallest absolute Gasteiger partial charge is 0.0782 e. The molecule has 4 aliphatic carbocycles. The van der Waals surface area contributed by atoms with Gasteiger partial charge in [0.25, 0.3) is 0 Å². The summed E-state index contributed by atoms with van der Waals surface area (Å²) < 4.78 is 2.50. The quantitative estimate of drug-likeness (QED) is 0.183. The van der Waals surface area contributed by atoms with Crippen molar-refractivity contribution in [1.82, 2.24) is 9.47 Å². The summed E-state index contributed by atoms with van der Waals surface area (Å²) in [7, 11) is 0. The van der Waals surface area contributed by atoms with Crippen LogP contribution in [-0.4, -0.2) is 21.6 Å². The molecule has 280 valence electrons. The van der Waals surface area contributed by atoms with E-state index in [1.54, 1.807) is 16.8 Å². The fourth-order valence-corrected chi connectivity index (χ4v) is 12.2. The maximum Gasteiger partial charge on any atom is 0.0782 e. The lowest BCUT2D eigenvalue weighted by Crippen LogP contribution is -2.57. The lowest BCUT2D eigenvalue weighted by atomic mass is 9.55. The third-order valence-electron chi connectivity index (χ3n) is 14.9. The van der Waals surface area contributed by atoms with Crippen LogP contribution < -0.4 is 4.90 Å². The molecule has 3 heteroatoms. The number of fused-ring (bicyclic) bond motifs is 11. The monoisotopic (exact) mass is 739 g/mol. The highest BCUT2D eigenvalue weighted by Gasteiger charge is 2.55. The van der Waals surface area contributed by atoms with E-state index in [0.717, 1.165) is 12.8 Å². The minimum absolute atomic E-state index is 0.00810. The van der Waals surface area contributed by atoms with Crippen LogP contribution >= 0.6 is 0 Å². The molecule has 0 amide bonds. The molecule has 0 bridgehead atoms. The molecular formula is C54H49N3. The molecule has 1 saturated heterocycles. The fraction of sp³-hybridized carbons (Fsp3) is 0.259. The number of piperidine rings is 1. The van der Waals surface area contributed by atoms with Crippen LogP contribution in [0.4, 0.5) is 11.4 Å². The molecule has 3 aliphatic heterocycles. The van der Waals surface area contributed by atoms with Crippen molar-refractivity contribution >= 4 is 33.2 Å². The average molecular weight is 740 g/mol. The highest BCUT2D eigenvalue weighted by molar-refractivity contribution is 6.15. The molecule has 0 radical (unpaired) electrons. The third kappa shape index (κ3) is 4.49. The minimum atomic E-state index is 0.00810. The third-order valence-corrected chi connectivity index (χ3v) is 14.9. The van der Waals surface area contributed by atoms with Crippen molar-refractivity contribution in [2.24, 2.45) is 22.7 Å². The van der Waals surface area contributed by atoms with E-state index >= 15 is 0 Å². The number of aromatic nitrogens is 1. The van der Waals surface area contributed by atoms with Crippen molar-refractivity contribution in [3.63, 3.8) is 0 Å². The van der Waals surface area contributed by atoms with Crippen molar-refractivity contribution in [3.8, 4) is 5.69 Å². The summed E-state index contributed by atoms with van der Waals surface area (Å²) in [6.45, 7) is 10.1. The number of allylic oxidation sites excluding steroid dienone is 11. The molecule has 4 heterocycles. The number of para-hydroxylation sites is 3. The number of anilines is 2. The van der Waals surface area contributed by atoms with Gasteiger partial charge in [-0.2, -0.15) is 0 Å². The zero-order chi connectivity index (χ0) is 38.2. The standard InChI is InChI=1S/C54H49N3/c1-53(2)42-21-12-14-25-48(42)57-49-31-27-35(33-45(49)54(3,4)44-23-15-22-43(53)52(44)57)34-26-30-47-41(32-34)40-29-28-39-38-20-11-13-24-46(38)55(36-16-7-5-8-17-36)50(39)51(40)56(47)37-18-9-6-10-19-37/h5-14,16-20,23-33,41-42,45,47,49H,15,21-22H2,1-4H3. The van der Waals surface area contributed by atoms with Gasteiger partial charge in [0.05, 0.1) is 28.8 Å². The molecule has 12 rings (SSSR count). The van der Waals surface area contributed by atoms with Gasteiger partial charge in [-0.25, -0.2) is 0 Å². The van der Waals surface area contributed by atoms with Gasteiger partial charge in [0, 0.05) is 51.3 Å². The average Bonchev–Trinajstić information content (AvgIpc) is 3.77. The SMILES string of the molecule is CC1(C)C2=C3C(=CCC2)C(C)(C)C2C=C(C4=CC5c6ccc7c8ccccc8n(-c8ccccc8)c7c6N(c6ccccc6)C5C=C4)C=CC2N3C2=CC=CCC21. The van der Waals surface area contributed by atoms with Crippen molar-refractivity contribution < 1.29 is 0 Å². The first kappa shape index (κ1) is 33.4. The second-order valence-corrected chi connectivity index (χ2v) is 18.4. The molecule has 7 aliphatic rings. The molecule has 4 aromatic carbocycles. The highest BCUT2D eigenvalue weighted by Crippen LogP contribution is 2.62. The van der Waals surface area contributed by atoms with Crippen LogP contribution in [-0.2, 0) is 0 Å². The van der Waals surface area contributed by atoms with E-state index in [2.05, 4.69) is 200 Å². The normalized spacial score (nSPS) is 27.3. The number of hydrogen-bond acceptors (Lipinski definition) is 2. The summed E-state index contributed by atoms with van der Waals surface area (Å²) in [5, 5.41) is 2.59. The van der Waals surface area contributed by atoms with Crippen LogP contribution in [0.15, 0.2) is 192 Å². The van der Waals surface area contributed by atoms with Crippen LogP contribution in [0.5, 0.6) is 0 Å². The Kier molecular flexibility index (Phi) is 6.94. The molecule has 0 saturated carbocycles. The lowest BCUT2D eigenvalue weighted by molar-refractivity contribution is 0.104. The number of benzene rings is 4. The molecule has 3 nitrogen and oxygen atoms in total. The van der Waals surface area contributed by atoms with E-state index < -0.39 is 0 Å². The maximum atomic E-state index is 2.79. The van der Waals surface area contributed by atoms with E-state index in [9.17, 15) is 0 Å². The molecule has 1 fully saturated rings. The van der Waals surface area contributed by atoms with E-state index in [-0.39, 0.29) is 22.8 Å². The van der Waals surface area contributed by atoms with E-state index in [1.807, 2.05) is 0 Å². The predicted molar refractivity (Wildman–Crippen MR) is 237 cm³/mol. The van der Waals surface area contributed by atoms with Crippen molar-refractivity contribution in [3.05, 3.63) is 197 Å². The second-order valence-electron chi connectivity index (χ2n) is 18.4. The van der Waals surface area contributed by atoms with Crippen molar-refractivity contribution in [2.45, 2.75) is 65.0 Å². The van der Waals surface area contributed by atoms with Gasteiger partial charge in [0.15, 0.2) is 0 Å². The first-order valence-electron chi connectivity index (χ1n) is 21.2. The van der Waals surface area contributed by atoms with E-state index in [4.69, 9.17) is 0 Å². The molecule has 5 unspecified atom stereocenters. The van der Waals surface area contributed by atoms with Gasteiger partial charge in [-0.3, -0.25) is 0 Å². The van der Waals surface area contributed by atoms with Gasteiger partial charge in [-0.1, -0.05) is 149 Å². The first-order chi connectivity index (χ1) is 27.8. The van der Waals surface area contributed by atoms with E-state index in [0.29, 0.717) is 17.9 Å². The van der Waals surface area contributed by atoms with Gasteiger partial charge in [-0.15, -0.1) is 0 Å². The van der Waals surface area contributed by atoms with E-state index in [1.165, 1.54) is 67.7 Å². The van der Waals surface area contributed by atoms with Crippen molar-refractivity contribution in [1.29, 1.82) is 0 Å². The van der Waals surface area contributed by atoms with Crippen molar-refractivity contribution in [2.75, 3.05) is 4.90 Å². The molecule has 5 atom stereocenters. The summed E-state index contributed by atoms with van der Waals surface area (Å²) in [4.78, 5) is 5.42. The molecule has 1 aromatic heterocycles. The fourth-order valence-electron chi connectivity index (χ4n) is 12.2. The summed E-state index contributed by atoms with van der Waals surface area (Å²) in [5.41, 5.74) is 16.8. The summed E-state index contributed by atoms with van der Waals surface area (Å²) >= 11 is 0. The molecule has 0 spiro atoms. The molecular weight excluding hydrogens is 691 g/mol. The molecule has 5 aromatic rings. The Morgan fingerprint density at radius 1 is 0.667 bits per heavy atom. The largest absolute Gasteiger partial charge is 0.337 e. The van der Waals surface area contributed by atoms with Gasteiger partial charge in [-0.05, 0) is 94.4 Å². The summed E-state index contributed by atoms with van der Waals surface area (Å²) in [6.07, 6.45) is 28.4. The Hall–Kier alpha value is -5.80. The zero-order valence-corrected chi connectivity index (χ0v) is 33.4. The molecule has 0 N–H and O–H groups in total. The topological polar surface area (TPSA) is 11.4 Å². The van der Waals surface area contributed by atoms with Crippen LogP contribution in [0, 0.1) is 22.7 Å². The predicted octanol–water partition coefficient (Wildman–Crippen LogP) is 13.2. The van der Waals surface area contributed by atoms with Crippen LogP contribution in [0.1, 0.15) is 58.4 Å². The lowest BCUT2D eigenvalue weighted by Gasteiger charge is -2.61. The minimum Gasteiger partial charge on any atom is -0.337 e. The Morgan fingerprint density at radius 2 is 1.39 bits per heavy atom. The van der Waals surface area contributed by atoms with Crippen LogP contribution in [0.3, 0.4) is 0 Å².